The fourth-order valence-corrected chi connectivity index (χ4v) is 1.88. The molecular formula is C16H12N2. The fraction of sp³-hybridized carbons (Fsp3) is 0.125. The van der Waals surface area contributed by atoms with Gasteiger partial charge in [0.1, 0.15) is 0 Å². The summed E-state index contributed by atoms with van der Waals surface area (Å²) in [4.78, 5) is 3.38. The van der Waals surface area contributed by atoms with Crippen LogP contribution in [0.15, 0.2) is 48.5 Å². The molecule has 0 N–H and O–H groups in total. The Bertz CT molecular complexity index is 553. The van der Waals surface area contributed by atoms with Crippen LogP contribution in [0.4, 0.5) is 5.69 Å². The zero-order chi connectivity index (χ0) is 13.0. The Hall–Kier alpha value is -2.58. The lowest BCUT2D eigenvalue weighted by Crippen LogP contribution is -1.95. The van der Waals surface area contributed by atoms with Crippen LogP contribution < -0.4 is 0 Å². The SMILES string of the molecule is [C-]#[N+]c1ccc(C(C)c2ccc(C#N)cc2)cc1. The van der Waals surface area contributed by atoms with Crippen LogP contribution in [0.3, 0.4) is 0 Å². The minimum absolute atomic E-state index is 0.262. The molecule has 2 aromatic rings. The van der Waals surface area contributed by atoms with Crippen LogP contribution in [0, 0.1) is 17.9 Å². The number of benzene rings is 2. The van der Waals surface area contributed by atoms with Crippen LogP contribution in [-0.2, 0) is 0 Å². The van der Waals surface area contributed by atoms with Gasteiger partial charge in [-0.3, -0.25) is 0 Å². The third kappa shape index (κ3) is 2.39. The van der Waals surface area contributed by atoms with Crippen molar-refractivity contribution in [3.05, 3.63) is 76.6 Å². The smallest absolute Gasteiger partial charge is 0.187 e. The van der Waals surface area contributed by atoms with Crippen molar-refractivity contribution >= 4 is 5.69 Å². The van der Waals surface area contributed by atoms with Crippen molar-refractivity contribution in [2.45, 2.75) is 12.8 Å². The molecule has 2 nitrogen and oxygen atoms in total. The molecule has 1 atom stereocenters. The van der Waals surface area contributed by atoms with Crippen molar-refractivity contribution in [3.63, 3.8) is 0 Å². The Morgan fingerprint density at radius 3 is 1.94 bits per heavy atom. The van der Waals surface area contributed by atoms with Gasteiger partial charge in [0, 0.05) is 5.92 Å². The average molecular weight is 232 g/mol. The fourth-order valence-electron chi connectivity index (χ4n) is 1.88. The predicted octanol–water partition coefficient (Wildman–Crippen LogP) is 4.26. The molecule has 0 saturated carbocycles. The van der Waals surface area contributed by atoms with Gasteiger partial charge in [-0.05, 0) is 23.3 Å². The monoisotopic (exact) mass is 232 g/mol. The topological polar surface area (TPSA) is 28.1 Å². The number of nitrogens with zero attached hydrogens (tertiary/aromatic N) is 2. The highest BCUT2D eigenvalue weighted by Gasteiger charge is 2.08. The van der Waals surface area contributed by atoms with Gasteiger partial charge in [0.2, 0.25) is 0 Å². The Balaban J connectivity index is 2.27. The molecule has 1 unspecified atom stereocenters. The molecule has 0 aliphatic rings. The van der Waals surface area contributed by atoms with Crippen molar-refractivity contribution in [1.29, 1.82) is 5.26 Å². The van der Waals surface area contributed by atoms with E-state index < -0.39 is 0 Å². The van der Waals surface area contributed by atoms with Gasteiger partial charge < -0.3 is 0 Å². The maximum absolute atomic E-state index is 8.76. The van der Waals surface area contributed by atoms with Gasteiger partial charge in [-0.15, -0.1) is 0 Å². The quantitative estimate of drug-likeness (QED) is 0.711. The van der Waals surface area contributed by atoms with Gasteiger partial charge in [0.25, 0.3) is 0 Å². The Morgan fingerprint density at radius 1 is 1.00 bits per heavy atom. The molecule has 2 aromatic carbocycles. The third-order valence-electron chi connectivity index (χ3n) is 3.06. The van der Waals surface area contributed by atoms with E-state index in [4.69, 9.17) is 11.8 Å². The van der Waals surface area contributed by atoms with E-state index in [2.05, 4.69) is 17.8 Å². The minimum atomic E-state index is 0.262. The first-order chi connectivity index (χ1) is 8.74. The molecule has 0 saturated heterocycles. The van der Waals surface area contributed by atoms with E-state index in [0.717, 1.165) is 0 Å². The lowest BCUT2D eigenvalue weighted by molar-refractivity contribution is 0.922. The van der Waals surface area contributed by atoms with E-state index in [0.29, 0.717) is 11.3 Å². The summed E-state index contributed by atoms with van der Waals surface area (Å²) in [7, 11) is 0. The maximum atomic E-state index is 8.76. The van der Waals surface area contributed by atoms with Gasteiger partial charge in [-0.2, -0.15) is 5.26 Å². The average Bonchev–Trinajstić information content (AvgIpc) is 2.47. The highest BCUT2D eigenvalue weighted by atomic mass is 14.6. The molecule has 0 amide bonds. The second kappa shape index (κ2) is 5.17. The minimum Gasteiger partial charge on any atom is -0.238 e. The second-order valence-electron chi connectivity index (χ2n) is 4.16. The van der Waals surface area contributed by atoms with Gasteiger partial charge in [-0.25, -0.2) is 4.85 Å². The van der Waals surface area contributed by atoms with Crippen LogP contribution in [0.2, 0.25) is 0 Å². The molecule has 0 heterocycles. The van der Waals surface area contributed by atoms with E-state index in [-0.39, 0.29) is 5.92 Å². The Labute approximate surface area is 107 Å². The Kier molecular flexibility index (Phi) is 3.41. The van der Waals surface area contributed by atoms with Crippen LogP contribution in [0.25, 0.3) is 4.85 Å². The largest absolute Gasteiger partial charge is 0.238 e. The van der Waals surface area contributed by atoms with Crippen molar-refractivity contribution in [2.24, 2.45) is 0 Å². The third-order valence-corrected chi connectivity index (χ3v) is 3.06. The summed E-state index contributed by atoms with van der Waals surface area (Å²) in [5, 5.41) is 8.76. The second-order valence-corrected chi connectivity index (χ2v) is 4.16. The molecule has 2 rings (SSSR count). The molecule has 0 aliphatic heterocycles. The van der Waals surface area contributed by atoms with E-state index in [1.54, 1.807) is 0 Å². The van der Waals surface area contributed by atoms with Crippen molar-refractivity contribution in [3.8, 4) is 6.07 Å². The summed E-state index contributed by atoms with van der Waals surface area (Å²) in [6.45, 7) is 9.04. The van der Waals surface area contributed by atoms with E-state index in [1.165, 1.54) is 11.1 Å². The predicted molar refractivity (Wildman–Crippen MR) is 71.4 cm³/mol. The normalized spacial score (nSPS) is 11.3. The zero-order valence-corrected chi connectivity index (χ0v) is 10.1. The van der Waals surface area contributed by atoms with Crippen LogP contribution in [0.5, 0.6) is 0 Å². The summed E-state index contributed by atoms with van der Waals surface area (Å²) < 4.78 is 0. The first kappa shape index (κ1) is 11.9. The number of nitriles is 1. The molecule has 2 heteroatoms. The summed E-state index contributed by atoms with van der Waals surface area (Å²) in [5.74, 6) is 0.262. The van der Waals surface area contributed by atoms with Crippen LogP contribution in [0.1, 0.15) is 29.5 Å². The van der Waals surface area contributed by atoms with Crippen LogP contribution in [-0.4, -0.2) is 0 Å². The highest BCUT2D eigenvalue weighted by Crippen LogP contribution is 2.26. The maximum Gasteiger partial charge on any atom is 0.187 e. The highest BCUT2D eigenvalue weighted by molar-refractivity contribution is 5.47. The first-order valence-corrected chi connectivity index (χ1v) is 5.72. The van der Waals surface area contributed by atoms with Crippen molar-refractivity contribution in [1.82, 2.24) is 0 Å². The molecule has 0 bridgehead atoms. The number of hydrogen-bond acceptors (Lipinski definition) is 1. The lowest BCUT2D eigenvalue weighted by atomic mass is 9.92. The van der Waals surface area contributed by atoms with Crippen molar-refractivity contribution in [2.75, 3.05) is 0 Å². The van der Waals surface area contributed by atoms with E-state index in [9.17, 15) is 0 Å². The van der Waals surface area contributed by atoms with Crippen molar-refractivity contribution < 1.29 is 0 Å². The van der Waals surface area contributed by atoms with E-state index in [1.807, 2.05) is 48.5 Å². The summed E-state index contributed by atoms with van der Waals surface area (Å²) in [5.41, 5.74) is 3.68. The molecular weight excluding hydrogens is 220 g/mol. The van der Waals surface area contributed by atoms with Crippen LogP contribution >= 0.6 is 0 Å². The molecule has 0 spiro atoms. The first-order valence-electron chi connectivity index (χ1n) is 5.72. The van der Waals surface area contributed by atoms with E-state index >= 15 is 0 Å². The van der Waals surface area contributed by atoms with Gasteiger partial charge >= 0.3 is 0 Å². The standard InChI is InChI=1S/C16H12N2/c1-12(14-5-3-13(11-17)4-6-14)15-7-9-16(18-2)10-8-15/h3-10,12H,1H3. The van der Waals surface area contributed by atoms with Gasteiger partial charge in [-0.1, -0.05) is 43.3 Å². The number of rotatable bonds is 2. The molecule has 18 heavy (non-hydrogen) atoms. The zero-order valence-electron chi connectivity index (χ0n) is 10.1. The summed E-state index contributed by atoms with van der Waals surface area (Å²) >= 11 is 0. The summed E-state index contributed by atoms with van der Waals surface area (Å²) in [6.07, 6.45) is 0. The Morgan fingerprint density at radius 2 is 1.50 bits per heavy atom. The van der Waals surface area contributed by atoms with Gasteiger partial charge in [0.05, 0.1) is 18.2 Å². The molecule has 0 radical (unpaired) electrons. The summed E-state index contributed by atoms with van der Waals surface area (Å²) in [6, 6.07) is 17.4. The molecule has 0 aliphatic carbocycles. The number of hydrogen-bond donors (Lipinski definition) is 0. The van der Waals surface area contributed by atoms with Gasteiger partial charge in [0.15, 0.2) is 5.69 Å². The molecule has 0 aromatic heterocycles. The lowest BCUT2D eigenvalue weighted by Gasteiger charge is -2.12. The molecule has 86 valence electrons. The molecule has 0 fully saturated rings.